The predicted molar refractivity (Wildman–Crippen MR) is 79.2 cm³/mol. The maximum Gasteiger partial charge on any atom is 0.127 e. The normalized spacial score (nSPS) is 14.9. The third kappa shape index (κ3) is 2.97. The summed E-state index contributed by atoms with van der Waals surface area (Å²) in [7, 11) is 0. The molecule has 0 spiro atoms. The average molecular weight is 292 g/mol. The van der Waals surface area contributed by atoms with Crippen LogP contribution in [0.25, 0.3) is 0 Å². The molecule has 0 aliphatic carbocycles. The average Bonchev–Trinajstić information content (AvgIpc) is 3.06. The third-order valence-electron chi connectivity index (χ3n) is 3.49. The number of rotatable bonds is 5. The molecule has 2 aromatic rings. The predicted octanol–water partition coefficient (Wildman–Crippen LogP) is 2.65. The van der Waals surface area contributed by atoms with Gasteiger partial charge in [-0.05, 0) is 30.7 Å². The Bertz CT molecular complexity index is 583. The minimum absolute atomic E-state index is 0.325. The molecule has 0 fully saturated rings. The number of nitrogens with one attached hydrogen (secondary N) is 1. The smallest absolute Gasteiger partial charge is 0.127 e. The van der Waals surface area contributed by atoms with Crippen LogP contribution in [0, 0.1) is 0 Å². The number of aromatic nitrogens is 2. The molecule has 4 nitrogen and oxygen atoms in total. The molecular weight excluding hydrogens is 274 g/mol. The highest BCUT2D eigenvalue weighted by molar-refractivity contribution is 6.30. The van der Waals surface area contributed by atoms with Crippen molar-refractivity contribution in [2.75, 3.05) is 6.61 Å². The van der Waals surface area contributed by atoms with Gasteiger partial charge in [0.15, 0.2) is 0 Å². The van der Waals surface area contributed by atoms with E-state index in [2.05, 4.69) is 17.3 Å². The van der Waals surface area contributed by atoms with Gasteiger partial charge >= 0.3 is 0 Å². The zero-order valence-corrected chi connectivity index (χ0v) is 12.2. The zero-order chi connectivity index (χ0) is 13.9. The second kappa shape index (κ2) is 5.85. The van der Waals surface area contributed by atoms with Crippen molar-refractivity contribution >= 4 is 11.6 Å². The van der Waals surface area contributed by atoms with E-state index in [0.29, 0.717) is 6.04 Å². The minimum atomic E-state index is 0.325. The zero-order valence-electron chi connectivity index (χ0n) is 11.5. The van der Waals surface area contributed by atoms with E-state index >= 15 is 0 Å². The molecular formula is C15H18ClN3O. The Morgan fingerprint density at radius 1 is 1.50 bits per heavy atom. The largest absolute Gasteiger partial charge is 0.493 e. The molecule has 3 rings (SSSR count). The Balaban J connectivity index is 1.64. The number of fused-ring (bicyclic) bond motifs is 1. The summed E-state index contributed by atoms with van der Waals surface area (Å²) in [4.78, 5) is 0. The molecule has 20 heavy (non-hydrogen) atoms. The molecule has 0 radical (unpaired) electrons. The summed E-state index contributed by atoms with van der Waals surface area (Å²) in [5.41, 5.74) is 2.35. The van der Waals surface area contributed by atoms with Crippen LogP contribution in [-0.4, -0.2) is 22.4 Å². The van der Waals surface area contributed by atoms with E-state index in [1.807, 2.05) is 29.1 Å². The van der Waals surface area contributed by atoms with Gasteiger partial charge in [-0.15, -0.1) is 0 Å². The third-order valence-corrected chi connectivity index (χ3v) is 3.70. The van der Waals surface area contributed by atoms with E-state index in [0.717, 1.165) is 42.5 Å². The van der Waals surface area contributed by atoms with Gasteiger partial charge < -0.3 is 10.1 Å². The van der Waals surface area contributed by atoms with Crippen LogP contribution in [0.1, 0.15) is 18.1 Å². The molecule has 1 aromatic heterocycles. The van der Waals surface area contributed by atoms with Crippen molar-refractivity contribution in [1.29, 1.82) is 0 Å². The van der Waals surface area contributed by atoms with Gasteiger partial charge in [0.25, 0.3) is 0 Å². The van der Waals surface area contributed by atoms with Crippen molar-refractivity contribution in [3.63, 3.8) is 0 Å². The first-order chi connectivity index (χ1) is 9.72. The van der Waals surface area contributed by atoms with Crippen LogP contribution in [0.4, 0.5) is 0 Å². The summed E-state index contributed by atoms with van der Waals surface area (Å²) in [6.45, 7) is 4.50. The van der Waals surface area contributed by atoms with E-state index in [9.17, 15) is 0 Å². The molecule has 0 saturated carbocycles. The fraction of sp³-hybridized carbons (Fsp3) is 0.400. The fourth-order valence-corrected chi connectivity index (χ4v) is 2.78. The van der Waals surface area contributed by atoms with Crippen molar-refractivity contribution in [3.8, 4) is 5.75 Å². The van der Waals surface area contributed by atoms with Crippen molar-refractivity contribution in [2.24, 2.45) is 0 Å². The van der Waals surface area contributed by atoms with Gasteiger partial charge in [-0.2, -0.15) is 5.10 Å². The van der Waals surface area contributed by atoms with Crippen LogP contribution in [0.3, 0.4) is 0 Å². The molecule has 5 heteroatoms. The highest BCUT2D eigenvalue weighted by Crippen LogP contribution is 2.32. The van der Waals surface area contributed by atoms with Gasteiger partial charge in [0, 0.05) is 42.0 Å². The Labute approximate surface area is 123 Å². The van der Waals surface area contributed by atoms with Crippen LogP contribution in [0.2, 0.25) is 5.02 Å². The lowest BCUT2D eigenvalue weighted by atomic mass is 10.1. The summed E-state index contributed by atoms with van der Waals surface area (Å²) >= 11 is 6.16. The molecule has 0 bridgehead atoms. The van der Waals surface area contributed by atoms with Crippen LogP contribution >= 0.6 is 11.6 Å². The van der Waals surface area contributed by atoms with Gasteiger partial charge in [-0.25, -0.2) is 0 Å². The lowest BCUT2D eigenvalue weighted by molar-refractivity contribution is 0.350. The van der Waals surface area contributed by atoms with Crippen molar-refractivity contribution < 1.29 is 4.74 Å². The van der Waals surface area contributed by atoms with Crippen LogP contribution < -0.4 is 10.1 Å². The Kier molecular flexibility index (Phi) is 3.94. The van der Waals surface area contributed by atoms with E-state index in [4.69, 9.17) is 16.3 Å². The highest BCUT2D eigenvalue weighted by atomic mass is 35.5. The van der Waals surface area contributed by atoms with Gasteiger partial charge in [-0.1, -0.05) is 11.6 Å². The highest BCUT2D eigenvalue weighted by Gasteiger charge is 2.17. The Morgan fingerprint density at radius 3 is 3.20 bits per heavy atom. The standard InChI is InChI=1S/C15H18ClN3O/c1-11(10-19-5-2-4-18-19)17-9-13-8-14(16)7-12-3-6-20-15(12)13/h2,4-5,7-8,11,17H,3,6,9-10H2,1H3. The number of hydrogen-bond acceptors (Lipinski definition) is 3. The number of ether oxygens (including phenoxy) is 1. The first kappa shape index (κ1) is 13.5. The summed E-state index contributed by atoms with van der Waals surface area (Å²) in [5, 5.41) is 8.49. The van der Waals surface area contributed by atoms with Crippen LogP contribution in [0.5, 0.6) is 5.75 Å². The monoisotopic (exact) mass is 291 g/mol. The lowest BCUT2D eigenvalue weighted by Crippen LogP contribution is -2.30. The Morgan fingerprint density at radius 2 is 2.40 bits per heavy atom. The van der Waals surface area contributed by atoms with Crippen LogP contribution in [-0.2, 0) is 19.5 Å². The topological polar surface area (TPSA) is 39.1 Å². The molecule has 1 aliphatic heterocycles. The van der Waals surface area contributed by atoms with Crippen molar-refractivity contribution in [1.82, 2.24) is 15.1 Å². The maximum atomic E-state index is 6.16. The van der Waals surface area contributed by atoms with E-state index in [1.54, 1.807) is 6.20 Å². The van der Waals surface area contributed by atoms with E-state index < -0.39 is 0 Å². The molecule has 1 aliphatic rings. The summed E-state index contributed by atoms with van der Waals surface area (Å²) in [6.07, 6.45) is 4.72. The molecule has 1 N–H and O–H groups in total. The number of halogens is 1. The summed E-state index contributed by atoms with van der Waals surface area (Å²) in [5.74, 6) is 1.01. The lowest BCUT2D eigenvalue weighted by Gasteiger charge is -2.15. The molecule has 1 atom stereocenters. The van der Waals surface area contributed by atoms with Crippen molar-refractivity contribution in [2.45, 2.75) is 32.5 Å². The molecule has 0 amide bonds. The number of nitrogens with zero attached hydrogens (tertiary/aromatic N) is 2. The second-order valence-corrected chi connectivity index (χ2v) is 5.60. The quantitative estimate of drug-likeness (QED) is 0.920. The fourth-order valence-electron chi connectivity index (χ4n) is 2.52. The molecule has 2 heterocycles. The first-order valence-electron chi connectivity index (χ1n) is 6.87. The molecule has 1 unspecified atom stereocenters. The summed E-state index contributed by atoms with van der Waals surface area (Å²) < 4.78 is 7.63. The molecule has 1 aromatic carbocycles. The van der Waals surface area contributed by atoms with Gasteiger partial charge in [0.2, 0.25) is 0 Å². The molecule has 0 saturated heterocycles. The number of benzene rings is 1. The number of hydrogen-bond donors (Lipinski definition) is 1. The first-order valence-corrected chi connectivity index (χ1v) is 7.25. The Hall–Kier alpha value is -1.52. The van der Waals surface area contributed by atoms with E-state index in [-0.39, 0.29) is 0 Å². The van der Waals surface area contributed by atoms with E-state index in [1.165, 1.54) is 5.56 Å². The summed E-state index contributed by atoms with van der Waals surface area (Å²) in [6, 6.07) is 6.25. The van der Waals surface area contributed by atoms with Gasteiger partial charge in [-0.3, -0.25) is 4.68 Å². The van der Waals surface area contributed by atoms with Gasteiger partial charge in [0.05, 0.1) is 13.2 Å². The maximum absolute atomic E-state index is 6.16. The SMILES string of the molecule is CC(Cn1cccn1)NCc1cc(Cl)cc2c1OCC2. The molecule has 106 valence electrons. The van der Waals surface area contributed by atoms with Crippen LogP contribution in [0.15, 0.2) is 30.6 Å². The second-order valence-electron chi connectivity index (χ2n) is 5.16. The minimum Gasteiger partial charge on any atom is -0.493 e. The van der Waals surface area contributed by atoms with Gasteiger partial charge in [0.1, 0.15) is 5.75 Å². The van der Waals surface area contributed by atoms with Crippen molar-refractivity contribution in [3.05, 3.63) is 46.7 Å².